The van der Waals surface area contributed by atoms with Crippen molar-refractivity contribution in [2.75, 3.05) is 11.1 Å². The number of carbonyl (C=O) groups is 2. The van der Waals surface area contributed by atoms with E-state index in [4.69, 9.17) is 23.2 Å². The van der Waals surface area contributed by atoms with Gasteiger partial charge in [0.15, 0.2) is 11.0 Å². The summed E-state index contributed by atoms with van der Waals surface area (Å²) in [4.78, 5) is 25.3. The molecule has 0 saturated carbocycles. The van der Waals surface area contributed by atoms with Crippen molar-refractivity contribution in [1.29, 1.82) is 0 Å². The quantitative estimate of drug-likeness (QED) is 0.350. The molecule has 1 atom stereocenters. The second kappa shape index (κ2) is 11.7. The SMILES string of the molecule is CCn1c(SCC(=O)Nc2cc(Cl)cc(Cl)c2)nnc1[C@@H](NC(=O)c1cccc(C)c1)C(C)C. The van der Waals surface area contributed by atoms with Gasteiger partial charge in [0.2, 0.25) is 5.91 Å². The van der Waals surface area contributed by atoms with Crippen LogP contribution in [0.25, 0.3) is 0 Å². The molecule has 0 aliphatic rings. The van der Waals surface area contributed by atoms with E-state index in [0.717, 1.165) is 5.56 Å². The summed E-state index contributed by atoms with van der Waals surface area (Å²) in [7, 11) is 0. The molecule has 0 aliphatic heterocycles. The molecule has 7 nitrogen and oxygen atoms in total. The third kappa shape index (κ3) is 6.74. The summed E-state index contributed by atoms with van der Waals surface area (Å²) in [6.07, 6.45) is 0. The Kier molecular flexibility index (Phi) is 8.99. The molecule has 0 radical (unpaired) electrons. The fourth-order valence-corrected chi connectivity index (χ4v) is 4.76. The molecule has 0 bridgehead atoms. The van der Waals surface area contributed by atoms with E-state index in [1.807, 2.05) is 50.5 Å². The molecule has 0 spiro atoms. The lowest BCUT2D eigenvalue weighted by Gasteiger charge is -2.22. The van der Waals surface area contributed by atoms with Crippen molar-refractivity contribution in [3.63, 3.8) is 0 Å². The largest absolute Gasteiger partial charge is 0.342 e. The Labute approximate surface area is 213 Å². The zero-order valence-electron chi connectivity index (χ0n) is 19.4. The fourth-order valence-electron chi connectivity index (χ4n) is 3.43. The normalized spacial score (nSPS) is 12.0. The number of thioether (sulfide) groups is 1. The molecule has 3 aromatic rings. The summed E-state index contributed by atoms with van der Waals surface area (Å²) >= 11 is 13.3. The van der Waals surface area contributed by atoms with Crippen molar-refractivity contribution in [2.24, 2.45) is 5.92 Å². The van der Waals surface area contributed by atoms with Crippen LogP contribution in [0.1, 0.15) is 48.6 Å². The molecule has 180 valence electrons. The van der Waals surface area contributed by atoms with E-state index in [-0.39, 0.29) is 29.5 Å². The zero-order chi connectivity index (χ0) is 24.8. The molecule has 1 heterocycles. The van der Waals surface area contributed by atoms with Crippen LogP contribution in [0, 0.1) is 12.8 Å². The van der Waals surface area contributed by atoms with E-state index in [0.29, 0.717) is 38.8 Å². The minimum Gasteiger partial charge on any atom is -0.342 e. The molecule has 0 fully saturated rings. The average molecular weight is 520 g/mol. The van der Waals surface area contributed by atoms with Gasteiger partial charge in [-0.25, -0.2) is 0 Å². The highest BCUT2D eigenvalue weighted by Gasteiger charge is 2.26. The summed E-state index contributed by atoms with van der Waals surface area (Å²) < 4.78 is 1.93. The maximum Gasteiger partial charge on any atom is 0.251 e. The number of anilines is 1. The number of halogens is 2. The molecule has 34 heavy (non-hydrogen) atoms. The third-order valence-electron chi connectivity index (χ3n) is 5.05. The highest BCUT2D eigenvalue weighted by Crippen LogP contribution is 2.26. The zero-order valence-corrected chi connectivity index (χ0v) is 21.8. The summed E-state index contributed by atoms with van der Waals surface area (Å²) in [6, 6.07) is 12.0. The van der Waals surface area contributed by atoms with Gasteiger partial charge in [-0.05, 0) is 50.1 Å². The fraction of sp³-hybridized carbons (Fsp3) is 0.333. The van der Waals surface area contributed by atoms with Crippen molar-refractivity contribution in [1.82, 2.24) is 20.1 Å². The first-order valence-electron chi connectivity index (χ1n) is 10.9. The van der Waals surface area contributed by atoms with Crippen LogP contribution >= 0.6 is 35.0 Å². The van der Waals surface area contributed by atoms with Gasteiger partial charge in [-0.15, -0.1) is 10.2 Å². The summed E-state index contributed by atoms with van der Waals surface area (Å²) in [5.74, 6) is 0.482. The second-order valence-electron chi connectivity index (χ2n) is 8.14. The number of hydrogen-bond acceptors (Lipinski definition) is 5. The smallest absolute Gasteiger partial charge is 0.251 e. The van der Waals surface area contributed by atoms with Gasteiger partial charge in [0, 0.05) is 27.8 Å². The number of aromatic nitrogens is 3. The van der Waals surface area contributed by atoms with Crippen LogP contribution in [0.15, 0.2) is 47.6 Å². The summed E-state index contributed by atoms with van der Waals surface area (Å²) in [5, 5.41) is 16.0. The number of nitrogens with one attached hydrogen (secondary N) is 2. The summed E-state index contributed by atoms with van der Waals surface area (Å²) in [6.45, 7) is 8.56. The van der Waals surface area contributed by atoms with Gasteiger partial charge < -0.3 is 15.2 Å². The van der Waals surface area contributed by atoms with Crippen LogP contribution in [-0.4, -0.2) is 32.3 Å². The molecule has 10 heteroatoms. The number of amides is 2. The molecule has 1 aromatic heterocycles. The summed E-state index contributed by atoms with van der Waals surface area (Å²) in [5.41, 5.74) is 2.14. The van der Waals surface area contributed by atoms with Gasteiger partial charge in [-0.3, -0.25) is 9.59 Å². The van der Waals surface area contributed by atoms with Crippen molar-refractivity contribution >= 4 is 52.5 Å². The minimum atomic E-state index is -0.336. The molecule has 0 saturated heterocycles. The molecule has 0 unspecified atom stereocenters. The Balaban J connectivity index is 1.72. The van der Waals surface area contributed by atoms with Gasteiger partial charge in [0.05, 0.1) is 11.8 Å². The molecule has 2 aromatic carbocycles. The maximum atomic E-state index is 12.9. The van der Waals surface area contributed by atoms with Crippen molar-refractivity contribution in [2.45, 2.75) is 45.4 Å². The topological polar surface area (TPSA) is 88.9 Å². The predicted molar refractivity (Wildman–Crippen MR) is 138 cm³/mol. The van der Waals surface area contributed by atoms with Crippen LogP contribution in [0.3, 0.4) is 0 Å². The molecule has 2 N–H and O–H groups in total. The van der Waals surface area contributed by atoms with Crippen LogP contribution in [0.4, 0.5) is 5.69 Å². The van der Waals surface area contributed by atoms with Gasteiger partial charge >= 0.3 is 0 Å². The van der Waals surface area contributed by atoms with E-state index in [1.165, 1.54) is 11.8 Å². The van der Waals surface area contributed by atoms with Gasteiger partial charge in [-0.1, -0.05) is 66.5 Å². The van der Waals surface area contributed by atoms with E-state index in [1.54, 1.807) is 24.3 Å². The van der Waals surface area contributed by atoms with Gasteiger partial charge in [0.25, 0.3) is 5.91 Å². The second-order valence-corrected chi connectivity index (χ2v) is 9.96. The first-order chi connectivity index (χ1) is 16.2. The molecular weight excluding hydrogens is 493 g/mol. The van der Waals surface area contributed by atoms with Gasteiger partial charge in [-0.2, -0.15) is 0 Å². The van der Waals surface area contributed by atoms with E-state index >= 15 is 0 Å². The first-order valence-corrected chi connectivity index (χ1v) is 12.6. The van der Waals surface area contributed by atoms with Crippen LogP contribution in [-0.2, 0) is 11.3 Å². The monoisotopic (exact) mass is 519 g/mol. The number of carbonyl (C=O) groups excluding carboxylic acids is 2. The molecule has 2 amide bonds. The Bertz CT molecular complexity index is 1160. The third-order valence-corrected chi connectivity index (χ3v) is 6.46. The van der Waals surface area contributed by atoms with Crippen molar-refractivity contribution in [3.05, 3.63) is 69.5 Å². The first kappa shape index (κ1) is 26.1. The minimum absolute atomic E-state index is 0.0805. The number of nitrogens with zero attached hydrogens (tertiary/aromatic N) is 3. The van der Waals surface area contributed by atoms with Crippen molar-refractivity contribution in [3.8, 4) is 0 Å². The Morgan fingerprint density at radius 2 is 1.79 bits per heavy atom. The lowest BCUT2D eigenvalue weighted by atomic mass is 10.0. The highest BCUT2D eigenvalue weighted by atomic mass is 35.5. The Hall–Kier alpha value is -2.55. The molecular formula is C24H27Cl2N5O2S. The number of rotatable bonds is 9. The number of benzene rings is 2. The highest BCUT2D eigenvalue weighted by molar-refractivity contribution is 7.99. The van der Waals surface area contributed by atoms with Crippen LogP contribution in [0.5, 0.6) is 0 Å². The van der Waals surface area contributed by atoms with E-state index in [2.05, 4.69) is 20.8 Å². The lowest BCUT2D eigenvalue weighted by Crippen LogP contribution is -2.33. The lowest BCUT2D eigenvalue weighted by molar-refractivity contribution is -0.113. The van der Waals surface area contributed by atoms with E-state index < -0.39 is 0 Å². The molecule has 3 rings (SSSR count). The Morgan fingerprint density at radius 3 is 2.41 bits per heavy atom. The average Bonchev–Trinajstić information content (AvgIpc) is 3.17. The van der Waals surface area contributed by atoms with E-state index in [9.17, 15) is 9.59 Å². The maximum absolute atomic E-state index is 12.9. The number of hydrogen-bond donors (Lipinski definition) is 2. The van der Waals surface area contributed by atoms with Crippen LogP contribution < -0.4 is 10.6 Å². The van der Waals surface area contributed by atoms with Crippen LogP contribution in [0.2, 0.25) is 10.0 Å². The molecule has 0 aliphatic carbocycles. The van der Waals surface area contributed by atoms with Crippen molar-refractivity contribution < 1.29 is 9.59 Å². The standard InChI is InChI=1S/C24H27Cl2N5O2S/c1-5-31-22(21(14(2)3)28-23(33)16-8-6-7-15(4)9-16)29-30-24(31)34-13-20(32)27-19-11-17(25)10-18(26)12-19/h6-12,14,21H,5,13H2,1-4H3,(H,27,32)(H,28,33)/t21-/m0/s1. The number of aryl methyl sites for hydroxylation is 1. The van der Waals surface area contributed by atoms with Gasteiger partial charge in [0.1, 0.15) is 0 Å². The predicted octanol–water partition coefficient (Wildman–Crippen LogP) is 5.77. The Morgan fingerprint density at radius 1 is 1.09 bits per heavy atom.